The standard InChI is InChI=1S/C42H42Br2O10/c1-45-33-15-25-27-17-39(51-7)29(19-37(27)49-5)31-21-42(54-12-10-44)32(22-41(31)53-11-9-43)30-20-38(50-6)28(18-40(30)52-8)26-16-34(46-2)24(14-36(26)48-4)23(33)13-35(25)47-3/h13-22H,9-12H2,1-8H3. The molecule has 0 saturated heterocycles. The summed E-state index contributed by atoms with van der Waals surface area (Å²) in [5.41, 5.74) is 7.26. The van der Waals surface area contributed by atoms with E-state index < -0.39 is 0 Å². The lowest BCUT2D eigenvalue weighted by Gasteiger charge is -2.24. The van der Waals surface area contributed by atoms with E-state index in [4.69, 9.17) is 47.4 Å². The number of hydrogen-bond acceptors (Lipinski definition) is 10. The van der Waals surface area contributed by atoms with Crippen molar-refractivity contribution in [3.8, 4) is 113 Å². The van der Waals surface area contributed by atoms with E-state index in [1.54, 1.807) is 56.9 Å². The van der Waals surface area contributed by atoms with E-state index in [1.807, 2.05) is 60.7 Å². The summed E-state index contributed by atoms with van der Waals surface area (Å²) in [6.45, 7) is 0.790. The Hall–Kier alpha value is -4.94. The predicted octanol–water partition coefficient (Wildman–Crippen LogP) is 9.95. The van der Waals surface area contributed by atoms with Gasteiger partial charge < -0.3 is 47.4 Å². The van der Waals surface area contributed by atoms with Gasteiger partial charge in [-0.3, -0.25) is 0 Å². The highest BCUT2D eigenvalue weighted by Crippen LogP contribution is 2.54. The Morgan fingerprint density at radius 1 is 0.278 bits per heavy atom. The first-order valence-electron chi connectivity index (χ1n) is 16.9. The van der Waals surface area contributed by atoms with Crippen LogP contribution in [0.2, 0.25) is 0 Å². The molecule has 0 radical (unpaired) electrons. The second kappa shape index (κ2) is 17.0. The molecule has 5 aromatic carbocycles. The first-order valence-corrected chi connectivity index (χ1v) is 19.2. The molecule has 0 N–H and O–H groups in total. The van der Waals surface area contributed by atoms with E-state index in [0.29, 0.717) is 81.4 Å². The van der Waals surface area contributed by atoms with E-state index in [0.717, 1.165) is 55.6 Å². The Kier molecular flexibility index (Phi) is 12.2. The van der Waals surface area contributed by atoms with Crippen LogP contribution in [-0.2, 0) is 0 Å². The summed E-state index contributed by atoms with van der Waals surface area (Å²) in [4.78, 5) is 0. The number of methoxy groups -OCH3 is 8. The maximum atomic E-state index is 6.45. The lowest BCUT2D eigenvalue weighted by Crippen LogP contribution is -2.05. The Balaban J connectivity index is 1.85. The molecule has 0 aromatic heterocycles. The third-order valence-electron chi connectivity index (χ3n) is 9.29. The van der Waals surface area contributed by atoms with Crippen LogP contribution in [0.15, 0.2) is 60.7 Å². The molecule has 0 unspecified atom stereocenters. The molecule has 0 heterocycles. The van der Waals surface area contributed by atoms with Crippen molar-refractivity contribution in [3.05, 3.63) is 60.7 Å². The molecule has 13 aliphatic carbocycles. The molecule has 10 bridgehead atoms. The molecular weight excluding hydrogens is 824 g/mol. The van der Waals surface area contributed by atoms with Gasteiger partial charge in [0, 0.05) is 66.3 Å². The second-order valence-corrected chi connectivity index (χ2v) is 13.5. The van der Waals surface area contributed by atoms with Crippen LogP contribution in [0.25, 0.3) is 55.6 Å². The van der Waals surface area contributed by atoms with Crippen LogP contribution < -0.4 is 47.4 Å². The minimum atomic E-state index is 0.395. The topological polar surface area (TPSA) is 92.3 Å². The Morgan fingerprint density at radius 3 is 0.574 bits per heavy atom. The van der Waals surface area contributed by atoms with Gasteiger partial charge in [-0.15, -0.1) is 0 Å². The van der Waals surface area contributed by atoms with Crippen molar-refractivity contribution in [1.29, 1.82) is 0 Å². The normalized spacial score (nSPS) is 11.1. The number of rotatable bonds is 14. The van der Waals surface area contributed by atoms with Crippen LogP contribution in [0.3, 0.4) is 0 Å². The van der Waals surface area contributed by atoms with E-state index >= 15 is 0 Å². The zero-order valence-corrected chi connectivity index (χ0v) is 34.6. The lowest BCUT2D eigenvalue weighted by atomic mass is 9.90. The van der Waals surface area contributed by atoms with Gasteiger partial charge in [0.15, 0.2) is 0 Å². The second-order valence-electron chi connectivity index (χ2n) is 11.9. The fourth-order valence-corrected chi connectivity index (χ4v) is 7.12. The van der Waals surface area contributed by atoms with Crippen LogP contribution in [0.4, 0.5) is 0 Å². The number of hydrogen-bond donors (Lipinski definition) is 0. The molecule has 12 heteroatoms. The van der Waals surface area contributed by atoms with E-state index in [-0.39, 0.29) is 0 Å². The molecule has 0 atom stereocenters. The van der Waals surface area contributed by atoms with Crippen LogP contribution in [-0.4, -0.2) is 80.8 Å². The summed E-state index contributed by atoms with van der Waals surface area (Å²) in [5, 5.41) is 1.22. The average molecular weight is 867 g/mol. The van der Waals surface area contributed by atoms with E-state index in [2.05, 4.69) is 31.9 Å². The Bertz CT molecular complexity index is 2010. The van der Waals surface area contributed by atoms with Crippen LogP contribution in [0.1, 0.15) is 0 Å². The lowest BCUT2D eigenvalue weighted by molar-refractivity contribution is 0.337. The first kappa shape index (κ1) is 38.8. The largest absolute Gasteiger partial charge is 0.496 e. The molecule has 18 rings (SSSR count). The fourth-order valence-electron chi connectivity index (χ4n) is 6.79. The summed E-state index contributed by atoms with van der Waals surface area (Å²) in [6, 6.07) is 19.3. The third kappa shape index (κ3) is 7.04. The maximum absolute atomic E-state index is 6.45. The molecule has 0 saturated carbocycles. The summed E-state index contributed by atoms with van der Waals surface area (Å²) in [7, 11) is 13.0. The highest BCUT2D eigenvalue weighted by molar-refractivity contribution is 9.09. The molecule has 0 fully saturated rings. The smallest absolute Gasteiger partial charge is 0.128 e. The van der Waals surface area contributed by atoms with Crippen LogP contribution >= 0.6 is 31.9 Å². The molecule has 13 aliphatic rings. The summed E-state index contributed by atoms with van der Waals surface area (Å²) < 4.78 is 61.5. The molecule has 0 spiro atoms. The molecule has 0 aliphatic heterocycles. The van der Waals surface area contributed by atoms with Gasteiger partial charge >= 0.3 is 0 Å². The number of benzene rings is 5. The highest BCUT2D eigenvalue weighted by Gasteiger charge is 2.28. The van der Waals surface area contributed by atoms with Gasteiger partial charge in [-0.25, -0.2) is 0 Å². The van der Waals surface area contributed by atoms with Crippen molar-refractivity contribution in [2.24, 2.45) is 0 Å². The van der Waals surface area contributed by atoms with Crippen LogP contribution in [0.5, 0.6) is 57.5 Å². The van der Waals surface area contributed by atoms with Gasteiger partial charge in [0.1, 0.15) is 57.5 Å². The number of alkyl halides is 2. The maximum Gasteiger partial charge on any atom is 0.128 e. The Labute approximate surface area is 332 Å². The number of halogens is 2. The van der Waals surface area contributed by atoms with Crippen LogP contribution in [0, 0.1) is 0 Å². The van der Waals surface area contributed by atoms with Gasteiger partial charge in [-0.2, -0.15) is 0 Å². The van der Waals surface area contributed by atoms with Crippen molar-refractivity contribution in [2.45, 2.75) is 0 Å². The fraction of sp³-hybridized carbons (Fsp3) is 0.286. The molecular formula is C42H42Br2O10. The average Bonchev–Trinajstić information content (AvgIpc) is 3.22. The summed E-state index contributed by atoms with van der Waals surface area (Å²) in [5.74, 6) is 5.72. The SMILES string of the molecule is COc1cc2c(OC)cc1-c1cc(OC)c(cc1OC)-c1cc(OC)c(cc1OC)-c1cc(OCCBr)c(cc1OCCBr)-c1cc(OC)c-2cc1OC. The Morgan fingerprint density at radius 2 is 0.426 bits per heavy atom. The van der Waals surface area contributed by atoms with Gasteiger partial charge in [0.25, 0.3) is 0 Å². The van der Waals surface area contributed by atoms with Crippen molar-refractivity contribution >= 4 is 31.9 Å². The zero-order chi connectivity index (χ0) is 38.5. The summed E-state index contributed by atoms with van der Waals surface area (Å²) >= 11 is 7.06. The molecule has 0 amide bonds. The molecule has 5 aromatic rings. The van der Waals surface area contributed by atoms with Crippen molar-refractivity contribution in [3.63, 3.8) is 0 Å². The first-order chi connectivity index (χ1) is 26.3. The minimum Gasteiger partial charge on any atom is -0.496 e. The van der Waals surface area contributed by atoms with Crippen molar-refractivity contribution in [2.75, 3.05) is 80.8 Å². The van der Waals surface area contributed by atoms with Crippen molar-refractivity contribution < 1.29 is 47.4 Å². The van der Waals surface area contributed by atoms with E-state index in [9.17, 15) is 0 Å². The highest BCUT2D eigenvalue weighted by atomic mass is 79.9. The quantitative estimate of drug-likeness (QED) is 0.0986. The molecule has 10 nitrogen and oxygen atoms in total. The summed E-state index contributed by atoms with van der Waals surface area (Å²) in [6.07, 6.45) is 0. The third-order valence-corrected chi connectivity index (χ3v) is 9.94. The minimum absolute atomic E-state index is 0.395. The predicted molar refractivity (Wildman–Crippen MR) is 218 cm³/mol. The van der Waals surface area contributed by atoms with Gasteiger partial charge in [-0.05, 0) is 60.7 Å². The van der Waals surface area contributed by atoms with Gasteiger partial charge in [0.2, 0.25) is 0 Å². The number of ether oxygens (including phenoxy) is 10. The van der Waals surface area contributed by atoms with Crippen molar-refractivity contribution in [1.82, 2.24) is 0 Å². The molecule has 54 heavy (non-hydrogen) atoms. The monoisotopic (exact) mass is 864 g/mol. The van der Waals surface area contributed by atoms with Gasteiger partial charge in [0.05, 0.1) is 70.1 Å². The van der Waals surface area contributed by atoms with E-state index in [1.165, 1.54) is 0 Å². The zero-order valence-electron chi connectivity index (χ0n) is 31.4. The molecule has 284 valence electrons. The van der Waals surface area contributed by atoms with Gasteiger partial charge in [-0.1, -0.05) is 31.9 Å².